The van der Waals surface area contributed by atoms with Crippen LogP contribution >= 0.6 is 0 Å². The third-order valence-electron chi connectivity index (χ3n) is 2.40. The Bertz CT molecular complexity index is 250. The van der Waals surface area contributed by atoms with E-state index in [2.05, 4.69) is 40.5 Å². The van der Waals surface area contributed by atoms with Crippen LogP contribution in [0.5, 0.6) is 0 Å². The second-order valence-electron chi connectivity index (χ2n) is 3.43. The van der Waals surface area contributed by atoms with E-state index in [1.165, 1.54) is 5.56 Å². The van der Waals surface area contributed by atoms with Crippen LogP contribution < -0.4 is 17.0 Å². The zero-order valence-corrected chi connectivity index (χ0v) is 11.9. The van der Waals surface area contributed by atoms with Crippen LogP contribution in [0.15, 0.2) is 30.3 Å². The van der Waals surface area contributed by atoms with Gasteiger partial charge in [0.25, 0.3) is 0 Å². The summed E-state index contributed by atoms with van der Waals surface area (Å²) in [7, 11) is 0. The van der Waals surface area contributed by atoms with E-state index < -0.39 is 0 Å². The minimum Gasteiger partial charge on any atom is -1.00 e. The van der Waals surface area contributed by atoms with Crippen molar-refractivity contribution in [2.24, 2.45) is 0 Å². The van der Waals surface area contributed by atoms with Gasteiger partial charge in [0.2, 0.25) is 0 Å². The summed E-state index contributed by atoms with van der Waals surface area (Å²) in [6.07, 6.45) is 0. The van der Waals surface area contributed by atoms with Gasteiger partial charge in [-0.2, -0.15) is 0 Å². The summed E-state index contributed by atoms with van der Waals surface area (Å²) in [4.78, 5) is 2.46. The summed E-state index contributed by atoms with van der Waals surface area (Å²) in [6.45, 7) is 5.33. The standard InChI is InChI=1S/C11H15N2.BrH.Mg/c1-2-4-11(5-3-1)10-13-8-6-12-7-9-13;;/h1-5H,6-10H2;1H;/q-1;;+2/p-1. The summed E-state index contributed by atoms with van der Waals surface area (Å²) in [5.74, 6) is 0. The number of piperazine rings is 1. The van der Waals surface area contributed by atoms with Gasteiger partial charge in [-0.3, -0.25) is 0 Å². The van der Waals surface area contributed by atoms with Crippen molar-refractivity contribution >= 4 is 23.1 Å². The number of halogens is 1. The second-order valence-corrected chi connectivity index (χ2v) is 3.43. The molecule has 1 fully saturated rings. The minimum atomic E-state index is 0. The summed E-state index contributed by atoms with van der Waals surface area (Å²) >= 11 is 0. The van der Waals surface area contributed by atoms with Crippen molar-refractivity contribution in [3.8, 4) is 0 Å². The zero-order chi connectivity index (χ0) is 8.93. The summed E-state index contributed by atoms with van der Waals surface area (Å²) in [6, 6.07) is 10.6. The number of benzene rings is 1. The number of rotatable bonds is 2. The maximum atomic E-state index is 4.33. The Hall–Kier alpha value is 0.386. The molecule has 0 saturated carbocycles. The van der Waals surface area contributed by atoms with Crippen molar-refractivity contribution in [1.82, 2.24) is 4.90 Å². The van der Waals surface area contributed by atoms with Gasteiger partial charge in [0.15, 0.2) is 0 Å². The van der Waals surface area contributed by atoms with Gasteiger partial charge in [-0.05, 0) is 18.7 Å². The Balaban J connectivity index is 0.000000980. The Kier molecular flexibility index (Phi) is 8.75. The van der Waals surface area contributed by atoms with Crippen LogP contribution in [0.2, 0.25) is 0 Å². The molecule has 2 nitrogen and oxygen atoms in total. The van der Waals surface area contributed by atoms with Crippen molar-refractivity contribution in [2.45, 2.75) is 6.54 Å². The fourth-order valence-corrected chi connectivity index (χ4v) is 1.65. The first-order chi connectivity index (χ1) is 6.45. The molecule has 78 valence electrons. The zero-order valence-electron chi connectivity index (χ0n) is 8.90. The molecule has 0 bridgehead atoms. The van der Waals surface area contributed by atoms with E-state index in [-0.39, 0.29) is 40.0 Å². The molecule has 1 aliphatic heterocycles. The van der Waals surface area contributed by atoms with E-state index >= 15 is 0 Å². The molecule has 15 heavy (non-hydrogen) atoms. The fraction of sp³-hybridized carbons (Fsp3) is 0.455. The minimum absolute atomic E-state index is 0. The summed E-state index contributed by atoms with van der Waals surface area (Å²) in [5.41, 5.74) is 1.41. The molecule has 0 unspecified atom stereocenters. The van der Waals surface area contributed by atoms with Crippen molar-refractivity contribution in [3.63, 3.8) is 0 Å². The van der Waals surface area contributed by atoms with E-state index in [1.807, 2.05) is 0 Å². The van der Waals surface area contributed by atoms with Crippen LogP contribution in [-0.4, -0.2) is 54.1 Å². The third-order valence-corrected chi connectivity index (χ3v) is 2.40. The van der Waals surface area contributed by atoms with Crippen molar-refractivity contribution in [3.05, 3.63) is 41.2 Å². The van der Waals surface area contributed by atoms with Crippen LogP contribution in [-0.2, 0) is 6.54 Å². The summed E-state index contributed by atoms with van der Waals surface area (Å²) < 4.78 is 0. The average molecular weight is 279 g/mol. The molecule has 0 aliphatic carbocycles. The number of hydrogen-bond acceptors (Lipinski definition) is 1. The third kappa shape index (κ3) is 5.31. The van der Waals surface area contributed by atoms with Gasteiger partial charge in [0.1, 0.15) is 0 Å². The predicted molar refractivity (Wildman–Crippen MR) is 60.6 cm³/mol. The van der Waals surface area contributed by atoms with Crippen LogP contribution in [0.1, 0.15) is 5.56 Å². The molecule has 1 aromatic carbocycles. The molecule has 4 heteroatoms. The quantitative estimate of drug-likeness (QED) is 0.602. The smallest absolute Gasteiger partial charge is 1.00 e. The van der Waals surface area contributed by atoms with Crippen molar-refractivity contribution in [1.29, 1.82) is 0 Å². The number of hydrogen-bond donors (Lipinski definition) is 0. The van der Waals surface area contributed by atoms with Gasteiger partial charge >= 0.3 is 23.1 Å². The maximum Gasteiger partial charge on any atom is 2.00 e. The molecular weight excluding hydrogens is 264 g/mol. The Morgan fingerprint density at radius 2 is 1.67 bits per heavy atom. The fourth-order valence-electron chi connectivity index (χ4n) is 1.65. The predicted octanol–water partition coefficient (Wildman–Crippen LogP) is -1.50. The van der Waals surface area contributed by atoms with Crippen LogP contribution in [0.3, 0.4) is 0 Å². The second kappa shape index (κ2) is 8.53. The SMILES string of the molecule is [Br-].[Mg+2].c1ccc(CN2CC[N-]CC2)cc1. The van der Waals surface area contributed by atoms with Gasteiger partial charge in [-0.1, -0.05) is 30.3 Å². The molecule has 0 spiro atoms. The van der Waals surface area contributed by atoms with Crippen LogP contribution in [0.4, 0.5) is 0 Å². The van der Waals surface area contributed by atoms with E-state index in [0.717, 1.165) is 32.7 Å². The molecule has 1 aliphatic rings. The molecule has 1 heterocycles. The Morgan fingerprint density at radius 1 is 1.07 bits per heavy atom. The monoisotopic (exact) mass is 278 g/mol. The van der Waals surface area contributed by atoms with E-state index in [1.54, 1.807) is 0 Å². The first-order valence-electron chi connectivity index (χ1n) is 4.85. The van der Waals surface area contributed by atoms with Gasteiger partial charge < -0.3 is 27.2 Å². The summed E-state index contributed by atoms with van der Waals surface area (Å²) in [5, 5.41) is 4.33. The van der Waals surface area contributed by atoms with Crippen molar-refractivity contribution in [2.75, 3.05) is 26.2 Å². The normalized spacial score (nSPS) is 16.3. The van der Waals surface area contributed by atoms with Crippen LogP contribution in [0.25, 0.3) is 5.32 Å². The Morgan fingerprint density at radius 3 is 2.27 bits per heavy atom. The first kappa shape index (κ1) is 15.4. The van der Waals surface area contributed by atoms with Gasteiger partial charge in [-0.15, -0.1) is 13.1 Å². The molecule has 0 amide bonds. The van der Waals surface area contributed by atoms with Gasteiger partial charge in [-0.25, -0.2) is 0 Å². The van der Waals surface area contributed by atoms with E-state index in [0.29, 0.717) is 0 Å². The van der Waals surface area contributed by atoms with Crippen LogP contribution in [0, 0.1) is 0 Å². The molecule has 2 rings (SSSR count). The maximum absolute atomic E-state index is 4.33. The molecule has 1 aromatic rings. The van der Waals surface area contributed by atoms with Gasteiger partial charge in [0.05, 0.1) is 0 Å². The molecular formula is C11H15BrMgN2. The topological polar surface area (TPSA) is 17.3 Å². The average Bonchev–Trinajstić information content (AvgIpc) is 2.21. The molecule has 1 saturated heterocycles. The molecule has 0 atom stereocenters. The molecule has 0 N–H and O–H groups in total. The largest absolute Gasteiger partial charge is 2.00 e. The first-order valence-corrected chi connectivity index (χ1v) is 4.85. The Labute approximate surface area is 118 Å². The van der Waals surface area contributed by atoms with E-state index in [4.69, 9.17) is 0 Å². The molecule has 0 radical (unpaired) electrons. The van der Waals surface area contributed by atoms with E-state index in [9.17, 15) is 0 Å². The van der Waals surface area contributed by atoms with Gasteiger partial charge in [0, 0.05) is 6.54 Å². The van der Waals surface area contributed by atoms with Crippen molar-refractivity contribution < 1.29 is 17.0 Å². The number of nitrogens with zero attached hydrogens (tertiary/aromatic N) is 2. The molecule has 0 aromatic heterocycles.